The molecule has 0 spiro atoms. The average molecular weight is 183 g/mol. The lowest BCUT2D eigenvalue weighted by Crippen LogP contribution is -1.73. The SMILES string of the molecule is C#CCC1=CCC=C1Br. The van der Waals surface area contributed by atoms with E-state index < -0.39 is 0 Å². The van der Waals surface area contributed by atoms with Gasteiger partial charge in [-0.05, 0) is 12.0 Å². The first-order valence-corrected chi connectivity index (χ1v) is 3.62. The minimum Gasteiger partial charge on any atom is -0.120 e. The molecule has 1 aliphatic rings. The van der Waals surface area contributed by atoms with Crippen LogP contribution in [0, 0.1) is 12.3 Å². The normalized spacial score (nSPS) is 16.4. The van der Waals surface area contributed by atoms with Gasteiger partial charge in [0.25, 0.3) is 0 Å². The van der Waals surface area contributed by atoms with Crippen LogP contribution in [0.15, 0.2) is 22.2 Å². The van der Waals surface area contributed by atoms with Gasteiger partial charge in [0.05, 0.1) is 0 Å². The predicted octanol–water partition coefficient (Wildman–Crippen LogP) is 2.62. The second kappa shape index (κ2) is 2.89. The second-order valence-electron chi connectivity index (χ2n) is 1.90. The molecular formula is C8H7Br. The van der Waals surface area contributed by atoms with Gasteiger partial charge in [-0.25, -0.2) is 0 Å². The van der Waals surface area contributed by atoms with Crippen molar-refractivity contribution in [2.24, 2.45) is 0 Å². The van der Waals surface area contributed by atoms with Crippen molar-refractivity contribution in [2.45, 2.75) is 12.8 Å². The van der Waals surface area contributed by atoms with Gasteiger partial charge in [-0.15, -0.1) is 12.3 Å². The van der Waals surface area contributed by atoms with Gasteiger partial charge in [-0.3, -0.25) is 0 Å². The van der Waals surface area contributed by atoms with Crippen LogP contribution in [0.3, 0.4) is 0 Å². The summed E-state index contributed by atoms with van der Waals surface area (Å²) in [5.74, 6) is 2.60. The summed E-state index contributed by atoms with van der Waals surface area (Å²) in [5.41, 5.74) is 1.25. The van der Waals surface area contributed by atoms with Crippen molar-refractivity contribution < 1.29 is 0 Å². The number of allylic oxidation sites excluding steroid dienone is 4. The summed E-state index contributed by atoms with van der Waals surface area (Å²) < 4.78 is 1.17. The van der Waals surface area contributed by atoms with Crippen molar-refractivity contribution in [3.8, 4) is 12.3 Å². The molecule has 9 heavy (non-hydrogen) atoms. The maximum atomic E-state index is 5.13. The summed E-state index contributed by atoms with van der Waals surface area (Å²) >= 11 is 3.40. The van der Waals surface area contributed by atoms with Crippen LogP contribution in [-0.4, -0.2) is 0 Å². The molecule has 0 atom stereocenters. The van der Waals surface area contributed by atoms with E-state index in [0.29, 0.717) is 0 Å². The summed E-state index contributed by atoms with van der Waals surface area (Å²) in [5, 5.41) is 0. The standard InChI is InChI=1S/C8H7Br/c1-2-4-7-5-3-6-8(7)9/h1,5-6H,3-4H2. The van der Waals surface area contributed by atoms with Gasteiger partial charge >= 0.3 is 0 Å². The summed E-state index contributed by atoms with van der Waals surface area (Å²) in [4.78, 5) is 0. The summed E-state index contributed by atoms with van der Waals surface area (Å²) in [6.45, 7) is 0. The number of rotatable bonds is 1. The van der Waals surface area contributed by atoms with Crippen LogP contribution in [0.1, 0.15) is 12.8 Å². The summed E-state index contributed by atoms with van der Waals surface area (Å²) in [6.07, 6.45) is 11.2. The predicted molar refractivity (Wildman–Crippen MR) is 43.2 cm³/mol. The Morgan fingerprint density at radius 1 is 1.67 bits per heavy atom. The third-order valence-corrected chi connectivity index (χ3v) is 2.09. The van der Waals surface area contributed by atoms with Crippen LogP contribution in [-0.2, 0) is 0 Å². The van der Waals surface area contributed by atoms with Gasteiger partial charge in [-0.1, -0.05) is 28.1 Å². The average Bonchev–Trinajstić information content (AvgIpc) is 2.18. The Morgan fingerprint density at radius 2 is 2.44 bits per heavy atom. The smallest absolute Gasteiger partial charge is 0.0345 e. The molecule has 0 heterocycles. The lowest BCUT2D eigenvalue weighted by atomic mass is 10.2. The molecule has 0 amide bonds. The molecule has 0 nitrogen and oxygen atoms in total. The quantitative estimate of drug-likeness (QED) is 0.548. The Bertz CT molecular complexity index is 203. The highest BCUT2D eigenvalue weighted by Gasteiger charge is 2.03. The fourth-order valence-corrected chi connectivity index (χ4v) is 1.29. The Labute approximate surface area is 63.8 Å². The van der Waals surface area contributed by atoms with E-state index in [9.17, 15) is 0 Å². The van der Waals surface area contributed by atoms with E-state index in [1.165, 1.54) is 10.1 Å². The first kappa shape index (κ1) is 6.64. The highest BCUT2D eigenvalue weighted by molar-refractivity contribution is 9.12. The highest BCUT2D eigenvalue weighted by atomic mass is 79.9. The Morgan fingerprint density at radius 3 is 2.89 bits per heavy atom. The van der Waals surface area contributed by atoms with E-state index in [-0.39, 0.29) is 0 Å². The zero-order valence-corrected chi connectivity index (χ0v) is 6.61. The van der Waals surface area contributed by atoms with Crippen LogP contribution >= 0.6 is 15.9 Å². The molecule has 0 saturated carbocycles. The topological polar surface area (TPSA) is 0 Å². The first-order valence-electron chi connectivity index (χ1n) is 2.83. The van der Waals surface area contributed by atoms with Crippen molar-refractivity contribution >= 4 is 15.9 Å². The van der Waals surface area contributed by atoms with Crippen molar-refractivity contribution in [1.82, 2.24) is 0 Å². The molecular weight excluding hydrogens is 176 g/mol. The maximum Gasteiger partial charge on any atom is 0.0345 e. The molecule has 1 heteroatoms. The van der Waals surface area contributed by atoms with Crippen LogP contribution in [0.25, 0.3) is 0 Å². The third kappa shape index (κ3) is 1.46. The lowest BCUT2D eigenvalue weighted by molar-refractivity contribution is 1.33. The molecule has 0 fully saturated rings. The Hall–Kier alpha value is -0.480. The molecule has 1 aliphatic carbocycles. The fourth-order valence-electron chi connectivity index (χ4n) is 0.800. The van der Waals surface area contributed by atoms with E-state index in [2.05, 4.69) is 34.0 Å². The number of hydrogen-bond donors (Lipinski definition) is 0. The number of terminal acetylenes is 1. The zero-order valence-electron chi connectivity index (χ0n) is 5.02. The van der Waals surface area contributed by atoms with Gasteiger partial charge in [-0.2, -0.15) is 0 Å². The molecule has 0 unspecified atom stereocenters. The fraction of sp³-hybridized carbons (Fsp3) is 0.250. The van der Waals surface area contributed by atoms with Crippen LogP contribution in [0.2, 0.25) is 0 Å². The second-order valence-corrected chi connectivity index (χ2v) is 2.75. The van der Waals surface area contributed by atoms with Gasteiger partial charge in [0.15, 0.2) is 0 Å². The number of halogens is 1. The molecule has 0 bridgehead atoms. The van der Waals surface area contributed by atoms with Gasteiger partial charge in [0, 0.05) is 10.9 Å². The molecule has 1 rings (SSSR count). The minimum absolute atomic E-state index is 0.747. The monoisotopic (exact) mass is 182 g/mol. The molecule has 0 aromatic heterocycles. The molecule has 0 aromatic carbocycles. The van der Waals surface area contributed by atoms with E-state index in [4.69, 9.17) is 6.42 Å². The highest BCUT2D eigenvalue weighted by Crippen LogP contribution is 2.26. The number of hydrogen-bond acceptors (Lipinski definition) is 0. The molecule has 46 valence electrons. The third-order valence-electron chi connectivity index (χ3n) is 1.26. The Balaban J connectivity index is 2.63. The molecule has 0 radical (unpaired) electrons. The van der Waals surface area contributed by atoms with Crippen molar-refractivity contribution in [3.05, 3.63) is 22.2 Å². The minimum atomic E-state index is 0.747. The van der Waals surface area contributed by atoms with Crippen molar-refractivity contribution in [3.63, 3.8) is 0 Å². The largest absolute Gasteiger partial charge is 0.120 e. The van der Waals surface area contributed by atoms with E-state index >= 15 is 0 Å². The van der Waals surface area contributed by atoms with Crippen LogP contribution < -0.4 is 0 Å². The van der Waals surface area contributed by atoms with E-state index in [0.717, 1.165) is 12.8 Å². The molecule has 0 aliphatic heterocycles. The summed E-state index contributed by atoms with van der Waals surface area (Å²) in [7, 11) is 0. The maximum absolute atomic E-state index is 5.13. The first-order chi connectivity index (χ1) is 4.34. The van der Waals surface area contributed by atoms with Gasteiger partial charge in [0.2, 0.25) is 0 Å². The van der Waals surface area contributed by atoms with E-state index in [1.54, 1.807) is 0 Å². The molecule has 0 aromatic rings. The Kier molecular flexibility index (Phi) is 2.13. The zero-order chi connectivity index (χ0) is 6.69. The molecule has 0 N–H and O–H groups in total. The van der Waals surface area contributed by atoms with Crippen molar-refractivity contribution in [1.29, 1.82) is 0 Å². The van der Waals surface area contributed by atoms with Crippen molar-refractivity contribution in [2.75, 3.05) is 0 Å². The molecule has 0 saturated heterocycles. The van der Waals surface area contributed by atoms with Gasteiger partial charge < -0.3 is 0 Å². The lowest BCUT2D eigenvalue weighted by Gasteiger charge is -1.92. The van der Waals surface area contributed by atoms with Crippen LogP contribution in [0.4, 0.5) is 0 Å². The van der Waals surface area contributed by atoms with Gasteiger partial charge in [0.1, 0.15) is 0 Å². The summed E-state index contributed by atoms with van der Waals surface area (Å²) in [6, 6.07) is 0. The van der Waals surface area contributed by atoms with E-state index in [1.807, 2.05) is 0 Å². The van der Waals surface area contributed by atoms with Crippen LogP contribution in [0.5, 0.6) is 0 Å².